The van der Waals surface area contributed by atoms with Crippen molar-refractivity contribution in [3.05, 3.63) is 158 Å². The molecule has 0 bridgehead atoms. The van der Waals surface area contributed by atoms with Gasteiger partial charge in [0.2, 0.25) is 0 Å². The number of nitrogens with zero attached hydrogens (tertiary/aromatic N) is 4. The van der Waals surface area contributed by atoms with E-state index in [1.807, 2.05) is 78.9 Å². The van der Waals surface area contributed by atoms with E-state index < -0.39 is 0 Å². The molecular weight excluding hydrogens is 633 g/mol. The summed E-state index contributed by atoms with van der Waals surface area (Å²) >= 11 is 1.70. The zero-order valence-electron chi connectivity index (χ0n) is 26.6. The quantitative estimate of drug-likeness (QED) is 0.184. The fourth-order valence-electron chi connectivity index (χ4n) is 6.84. The molecule has 0 aliphatic rings. The van der Waals surface area contributed by atoms with Crippen LogP contribution in [0.3, 0.4) is 0 Å². The number of benzene rings is 7. The molecule has 0 radical (unpaired) electrons. The lowest BCUT2D eigenvalue weighted by molar-refractivity contribution is 0.670. The van der Waals surface area contributed by atoms with Crippen molar-refractivity contribution in [1.82, 2.24) is 19.9 Å². The van der Waals surface area contributed by atoms with Crippen LogP contribution in [0, 0.1) is 0 Å². The minimum absolute atomic E-state index is 0.589. The van der Waals surface area contributed by atoms with Crippen LogP contribution in [0.4, 0.5) is 0 Å². The Labute approximate surface area is 291 Å². The first-order valence-electron chi connectivity index (χ1n) is 16.5. The van der Waals surface area contributed by atoms with Crippen molar-refractivity contribution in [2.45, 2.75) is 0 Å². The van der Waals surface area contributed by atoms with Gasteiger partial charge in [0.15, 0.2) is 17.5 Å². The molecule has 50 heavy (non-hydrogen) atoms. The van der Waals surface area contributed by atoms with Crippen molar-refractivity contribution in [1.29, 1.82) is 0 Å². The summed E-state index contributed by atoms with van der Waals surface area (Å²) in [4.78, 5) is 20.5. The third kappa shape index (κ3) is 4.69. The zero-order chi connectivity index (χ0) is 33.0. The van der Waals surface area contributed by atoms with Crippen LogP contribution in [-0.2, 0) is 0 Å². The molecule has 234 valence electrons. The third-order valence-electron chi connectivity index (χ3n) is 9.16. The van der Waals surface area contributed by atoms with E-state index >= 15 is 0 Å². The first-order valence-corrected chi connectivity index (χ1v) is 17.3. The van der Waals surface area contributed by atoms with E-state index in [0.717, 1.165) is 81.3 Å². The van der Waals surface area contributed by atoms with Crippen LogP contribution in [0.1, 0.15) is 0 Å². The van der Waals surface area contributed by atoms with E-state index in [1.54, 1.807) is 11.3 Å². The maximum atomic E-state index is 6.81. The number of thiazole rings is 1. The number of rotatable bonds is 5. The number of hydrogen-bond acceptors (Lipinski definition) is 6. The lowest BCUT2D eigenvalue weighted by Crippen LogP contribution is -2.01. The van der Waals surface area contributed by atoms with Gasteiger partial charge in [-0.25, -0.2) is 19.9 Å². The number of hydrogen-bond donors (Lipinski definition) is 0. The molecule has 3 aromatic heterocycles. The van der Waals surface area contributed by atoms with Crippen molar-refractivity contribution in [2.24, 2.45) is 0 Å². The first-order chi connectivity index (χ1) is 24.8. The van der Waals surface area contributed by atoms with Gasteiger partial charge in [0, 0.05) is 44.2 Å². The molecule has 10 aromatic rings. The van der Waals surface area contributed by atoms with Crippen LogP contribution in [0.15, 0.2) is 162 Å². The van der Waals surface area contributed by atoms with Crippen LogP contribution in [0.5, 0.6) is 0 Å². The molecule has 0 aliphatic carbocycles. The second-order valence-corrected chi connectivity index (χ2v) is 13.2. The molecular formula is C44H26N4OS. The Balaban J connectivity index is 1.32. The summed E-state index contributed by atoms with van der Waals surface area (Å²) in [5.74, 6) is 1.82. The van der Waals surface area contributed by atoms with Crippen molar-refractivity contribution in [2.75, 3.05) is 0 Å². The molecule has 0 atom stereocenters. The largest absolute Gasteiger partial charge is 0.455 e. The third-order valence-corrected chi connectivity index (χ3v) is 10.3. The normalized spacial score (nSPS) is 11.6. The highest BCUT2D eigenvalue weighted by Crippen LogP contribution is 2.47. The maximum absolute atomic E-state index is 6.81. The Morgan fingerprint density at radius 1 is 0.460 bits per heavy atom. The van der Waals surface area contributed by atoms with Gasteiger partial charge in [0.05, 0.1) is 10.2 Å². The fourth-order valence-corrected chi connectivity index (χ4v) is 7.94. The van der Waals surface area contributed by atoms with Gasteiger partial charge in [-0.3, -0.25) is 0 Å². The summed E-state index contributed by atoms with van der Waals surface area (Å²) in [7, 11) is 0. The molecule has 0 saturated carbocycles. The Morgan fingerprint density at radius 2 is 1.04 bits per heavy atom. The number of aromatic nitrogens is 4. The standard InChI is InChI=1S/C44H26N4OS/c1-4-15-28(16-5-1)41-46-42(29-17-6-2-7-18-29)48-43(47-41)33-25-24-27-14-10-11-21-31(27)37(33)34-26-35-40(50-44(45-35)30-19-8-3-9-20-30)38-32-22-12-13-23-36(32)49-39(34)38/h1-26H. The highest BCUT2D eigenvalue weighted by molar-refractivity contribution is 7.22. The van der Waals surface area contributed by atoms with Crippen LogP contribution < -0.4 is 0 Å². The van der Waals surface area contributed by atoms with E-state index in [-0.39, 0.29) is 0 Å². The van der Waals surface area contributed by atoms with Gasteiger partial charge in [-0.15, -0.1) is 11.3 Å². The fraction of sp³-hybridized carbons (Fsp3) is 0. The molecule has 0 saturated heterocycles. The highest BCUT2D eigenvalue weighted by Gasteiger charge is 2.24. The van der Waals surface area contributed by atoms with Crippen LogP contribution in [0.25, 0.3) is 98.8 Å². The lowest BCUT2D eigenvalue weighted by Gasteiger charge is -2.15. The molecule has 0 N–H and O–H groups in total. The lowest BCUT2D eigenvalue weighted by atomic mass is 9.91. The maximum Gasteiger partial charge on any atom is 0.164 e. The van der Waals surface area contributed by atoms with E-state index in [1.165, 1.54) is 0 Å². The van der Waals surface area contributed by atoms with E-state index in [2.05, 4.69) is 78.9 Å². The van der Waals surface area contributed by atoms with Crippen molar-refractivity contribution in [3.63, 3.8) is 0 Å². The summed E-state index contributed by atoms with van der Waals surface area (Å²) in [6.07, 6.45) is 0. The van der Waals surface area contributed by atoms with Gasteiger partial charge in [-0.05, 0) is 29.0 Å². The molecule has 0 spiro atoms. The molecule has 3 heterocycles. The van der Waals surface area contributed by atoms with E-state index in [4.69, 9.17) is 24.4 Å². The summed E-state index contributed by atoms with van der Waals surface area (Å²) in [5.41, 5.74) is 8.35. The summed E-state index contributed by atoms with van der Waals surface area (Å²) in [5, 5.41) is 5.29. The highest BCUT2D eigenvalue weighted by atomic mass is 32.1. The minimum Gasteiger partial charge on any atom is -0.455 e. The summed E-state index contributed by atoms with van der Waals surface area (Å²) in [6, 6.07) is 53.7. The van der Waals surface area contributed by atoms with Crippen LogP contribution in [-0.4, -0.2) is 19.9 Å². The Kier molecular flexibility index (Phi) is 6.60. The predicted octanol–water partition coefficient (Wildman–Crippen LogP) is 11.9. The van der Waals surface area contributed by atoms with Crippen molar-refractivity contribution in [3.8, 4) is 55.9 Å². The van der Waals surface area contributed by atoms with Crippen LogP contribution >= 0.6 is 11.3 Å². The van der Waals surface area contributed by atoms with E-state index in [9.17, 15) is 0 Å². The molecule has 0 amide bonds. The monoisotopic (exact) mass is 658 g/mol. The van der Waals surface area contributed by atoms with Gasteiger partial charge in [0.25, 0.3) is 0 Å². The van der Waals surface area contributed by atoms with Crippen LogP contribution in [0.2, 0.25) is 0 Å². The molecule has 0 aliphatic heterocycles. The smallest absolute Gasteiger partial charge is 0.164 e. The van der Waals surface area contributed by atoms with Gasteiger partial charge in [-0.1, -0.05) is 140 Å². The summed E-state index contributed by atoms with van der Waals surface area (Å²) in [6.45, 7) is 0. The molecule has 6 heteroatoms. The number of fused-ring (bicyclic) bond motifs is 6. The van der Waals surface area contributed by atoms with Gasteiger partial charge >= 0.3 is 0 Å². The molecule has 0 fully saturated rings. The molecule has 5 nitrogen and oxygen atoms in total. The average molecular weight is 659 g/mol. The topological polar surface area (TPSA) is 64.7 Å². The predicted molar refractivity (Wildman–Crippen MR) is 205 cm³/mol. The van der Waals surface area contributed by atoms with Gasteiger partial charge in [0.1, 0.15) is 16.2 Å². The van der Waals surface area contributed by atoms with Crippen molar-refractivity contribution >= 4 is 54.3 Å². The zero-order valence-corrected chi connectivity index (χ0v) is 27.4. The van der Waals surface area contributed by atoms with E-state index in [0.29, 0.717) is 17.5 Å². The van der Waals surface area contributed by atoms with Crippen molar-refractivity contribution < 1.29 is 4.42 Å². The Bertz CT molecular complexity index is 2810. The molecule has 0 unspecified atom stereocenters. The van der Waals surface area contributed by atoms with Gasteiger partial charge in [-0.2, -0.15) is 0 Å². The second kappa shape index (κ2) is 11.6. The second-order valence-electron chi connectivity index (χ2n) is 12.2. The summed E-state index contributed by atoms with van der Waals surface area (Å²) < 4.78 is 7.92. The molecule has 7 aromatic carbocycles. The number of furan rings is 1. The molecule has 10 rings (SSSR count). The first kappa shape index (κ1) is 28.5. The Morgan fingerprint density at radius 3 is 1.74 bits per heavy atom. The number of para-hydroxylation sites is 1. The Hall–Kier alpha value is -6.50. The SMILES string of the molecule is c1ccc(-c2nc(-c3ccccc3)nc(-c3ccc4ccccc4c3-c3cc4nc(-c5ccccc5)sc4c4c3oc3ccccc34)n2)cc1. The average Bonchev–Trinajstić information content (AvgIpc) is 3.80. The van der Waals surface area contributed by atoms with Gasteiger partial charge < -0.3 is 4.42 Å². The minimum atomic E-state index is 0.589.